The molecule has 33 heavy (non-hydrogen) atoms. The van der Waals surface area contributed by atoms with Crippen LogP contribution in [0.1, 0.15) is 35.7 Å². The number of rotatable bonds is 4. The van der Waals surface area contributed by atoms with Crippen molar-refractivity contribution in [1.82, 2.24) is 20.5 Å². The maximum Gasteiger partial charge on any atom is 0.433 e. The molecule has 2 heterocycles. The zero-order valence-corrected chi connectivity index (χ0v) is 17.7. The lowest BCUT2D eigenvalue weighted by Crippen LogP contribution is -2.60. The van der Waals surface area contributed by atoms with Gasteiger partial charge in [-0.05, 0) is 36.5 Å². The molecule has 1 aromatic heterocycles. The Kier molecular flexibility index (Phi) is 6.17. The van der Waals surface area contributed by atoms with E-state index in [1.54, 1.807) is 0 Å². The van der Waals surface area contributed by atoms with Gasteiger partial charge in [0, 0.05) is 24.8 Å². The third-order valence-electron chi connectivity index (χ3n) is 5.64. The fourth-order valence-corrected chi connectivity index (χ4v) is 4.02. The average molecular weight is 489 g/mol. The first-order chi connectivity index (χ1) is 15.6. The first-order valence-corrected chi connectivity index (χ1v) is 10.5. The fraction of sp³-hybridized carbons (Fsp3) is 0.381. The van der Waals surface area contributed by atoms with Gasteiger partial charge in [-0.15, -0.1) is 0 Å². The normalized spacial score (nSPS) is 19.8. The van der Waals surface area contributed by atoms with Crippen molar-refractivity contribution in [2.75, 3.05) is 13.1 Å². The molecule has 0 radical (unpaired) electrons. The fourth-order valence-electron chi connectivity index (χ4n) is 3.85. The van der Waals surface area contributed by atoms with Crippen molar-refractivity contribution in [2.45, 2.75) is 31.1 Å². The van der Waals surface area contributed by atoms with E-state index < -0.39 is 46.6 Å². The van der Waals surface area contributed by atoms with Crippen LogP contribution in [0.25, 0.3) is 0 Å². The zero-order valence-electron chi connectivity index (χ0n) is 16.9. The number of piperazine rings is 1. The third-order valence-corrected chi connectivity index (χ3v) is 5.99. The minimum Gasteiger partial charge on any atom is -0.353 e. The number of nitrogens with one attached hydrogen (secondary N) is 2. The molecule has 0 bridgehead atoms. The molecular weight excluding hydrogens is 471 g/mol. The summed E-state index contributed by atoms with van der Waals surface area (Å²) in [6.07, 6.45) is -2.29. The highest BCUT2D eigenvalue weighted by molar-refractivity contribution is 6.31. The minimum absolute atomic E-state index is 0.000706. The van der Waals surface area contributed by atoms with Crippen LogP contribution in [-0.4, -0.2) is 41.0 Å². The number of hydrogen-bond acceptors (Lipinski definition) is 3. The van der Waals surface area contributed by atoms with Crippen LogP contribution in [0.3, 0.4) is 0 Å². The lowest BCUT2D eigenvalue weighted by Gasteiger charge is -2.36. The number of aromatic nitrogens is 1. The molecule has 2 fully saturated rings. The molecule has 1 saturated carbocycles. The Bertz CT molecular complexity index is 1080. The van der Waals surface area contributed by atoms with Crippen molar-refractivity contribution >= 4 is 23.5 Å². The van der Waals surface area contributed by atoms with Crippen molar-refractivity contribution in [1.29, 1.82) is 0 Å². The Morgan fingerprint density at radius 1 is 1.21 bits per heavy atom. The topological polar surface area (TPSA) is 74.3 Å². The summed E-state index contributed by atoms with van der Waals surface area (Å²) in [5, 5.41) is 4.45. The van der Waals surface area contributed by atoms with Crippen LogP contribution in [0, 0.1) is 17.6 Å². The molecule has 1 aliphatic carbocycles. The SMILES string of the molecule is O=C1NCCN(C(=O)N[C@H](c2ccc(C(F)(F)F)nc2)c2ccc(F)c(Cl)c2F)[C@@H]1C1CC1. The summed E-state index contributed by atoms with van der Waals surface area (Å²) in [5.41, 5.74) is -1.42. The number of carbonyl (C=O) groups is 2. The van der Waals surface area contributed by atoms with Crippen LogP contribution < -0.4 is 10.6 Å². The summed E-state index contributed by atoms with van der Waals surface area (Å²) in [5.74, 6) is -2.51. The van der Waals surface area contributed by atoms with Crippen LogP contribution in [0.15, 0.2) is 30.5 Å². The molecule has 1 aromatic carbocycles. The van der Waals surface area contributed by atoms with Gasteiger partial charge < -0.3 is 15.5 Å². The molecule has 6 nitrogen and oxygen atoms in total. The van der Waals surface area contributed by atoms with E-state index in [9.17, 15) is 31.5 Å². The Morgan fingerprint density at radius 2 is 1.94 bits per heavy atom. The summed E-state index contributed by atoms with van der Waals surface area (Å²) >= 11 is 5.69. The molecule has 2 aromatic rings. The number of amides is 3. The van der Waals surface area contributed by atoms with Crippen LogP contribution in [0.5, 0.6) is 0 Å². The average Bonchev–Trinajstić information content (AvgIpc) is 3.61. The second kappa shape index (κ2) is 8.77. The van der Waals surface area contributed by atoms with Gasteiger partial charge in [-0.25, -0.2) is 13.6 Å². The predicted octanol–water partition coefficient (Wildman–Crippen LogP) is 4.04. The van der Waals surface area contributed by atoms with Gasteiger partial charge in [-0.2, -0.15) is 13.2 Å². The molecule has 2 aliphatic rings. The van der Waals surface area contributed by atoms with E-state index in [0.29, 0.717) is 6.07 Å². The molecule has 1 saturated heterocycles. The number of nitrogens with zero attached hydrogens (tertiary/aromatic N) is 2. The standard InChI is InChI=1S/C21H18ClF5N4O2/c22-15-13(23)5-4-12(16(15)24)17(11-3-6-14(29-9-11)21(25,26)27)30-20(33)31-8-7-28-19(32)18(31)10-1-2-10/h3-6,9-10,17-18H,1-2,7-8H2,(H,28,32)(H,30,33)/t17-,18-/m1/s1. The second-order valence-corrected chi connectivity index (χ2v) is 8.27. The number of pyridine rings is 1. The summed E-state index contributed by atoms with van der Waals surface area (Å²) in [7, 11) is 0. The van der Waals surface area contributed by atoms with Crippen molar-refractivity contribution in [2.24, 2.45) is 5.92 Å². The number of urea groups is 1. The second-order valence-electron chi connectivity index (χ2n) is 7.89. The smallest absolute Gasteiger partial charge is 0.353 e. The van der Waals surface area contributed by atoms with Gasteiger partial charge in [0.05, 0.1) is 6.04 Å². The Morgan fingerprint density at radius 3 is 2.55 bits per heavy atom. The van der Waals surface area contributed by atoms with E-state index in [0.717, 1.165) is 37.2 Å². The van der Waals surface area contributed by atoms with Gasteiger partial charge in [0.25, 0.3) is 0 Å². The molecule has 2 N–H and O–H groups in total. The molecule has 4 rings (SSSR count). The number of alkyl halides is 3. The van der Waals surface area contributed by atoms with E-state index in [-0.39, 0.29) is 36.0 Å². The summed E-state index contributed by atoms with van der Waals surface area (Å²) in [4.78, 5) is 30.1. The molecule has 12 heteroatoms. The Balaban J connectivity index is 1.69. The lowest BCUT2D eigenvalue weighted by atomic mass is 9.99. The number of benzene rings is 1. The van der Waals surface area contributed by atoms with E-state index in [2.05, 4.69) is 15.6 Å². The van der Waals surface area contributed by atoms with Crippen LogP contribution >= 0.6 is 11.6 Å². The van der Waals surface area contributed by atoms with Crippen molar-refractivity contribution in [3.05, 3.63) is 63.9 Å². The first-order valence-electron chi connectivity index (χ1n) is 10.1. The van der Waals surface area contributed by atoms with Gasteiger partial charge in [-0.3, -0.25) is 9.78 Å². The highest BCUT2D eigenvalue weighted by atomic mass is 35.5. The maximum atomic E-state index is 14.8. The molecule has 176 valence electrons. The van der Waals surface area contributed by atoms with Gasteiger partial charge in [0.1, 0.15) is 28.4 Å². The van der Waals surface area contributed by atoms with Crippen LogP contribution in [-0.2, 0) is 11.0 Å². The molecule has 1 aliphatic heterocycles. The van der Waals surface area contributed by atoms with Gasteiger partial charge in [0.15, 0.2) is 0 Å². The van der Waals surface area contributed by atoms with Crippen molar-refractivity contribution in [3.63, 3.8) is 0 Å². The van der Waals surface area contributed by atoms with Crippen LogP contribution in [0.2, 0.25) is 5.02 Å². The zero-order chi connectivity index (χ0) is 23.9. The molecule has 0 unspecified atom stereocenters. The van der Waals surface area contributed by atoms with E-state index >= 15 is 0 Å². The van der Waals surface area contributed by atoms with Crippen LogP contribution in [0.4, 0.5) is 26.7 Å². The Labute approximate surface area is 190 Å². The van der Waals surface area contributed by atoms with E-state index in [1.165, 1.54) is 4.90 Å². The minimum atomic E-state index is -4.69. The number of hydrogen-bond donors (Lipinski definition) is 2. The first kappa shape index (κ1) is 23.2. The predicted molar refractivity (Wildman–Crippen MR) is 107 cm³/mol. The van der Waals surface area contributed by atoms with Crippen molar-refractivity contribution < 1.29 is 31.5 Å². The summed E-state index contributed by atoms with van der Waals surface area (Å²) < 4.78 is 67.3. The summed E-state index contributed by atoms with van der Waals surface area (Å²) in [6, 6.07) is 0.908. The van der Waals surface area contributed by atoms with Gasteiger partial charge in [0.2, 0.25) is 5.91 Å². The number of halogens is 6. The molecule has 3 amide bonds. The third kappa shape index (κ3) is 4.73. The highest BCUT2D eigenvalue weighted by Crippen LogP contribution is 2.37. The molecule has 2 atom stereocenters. The largest absolute Gasteiger partial charge is 0.433 e. The number of carbonyl (C=O) groups excluding carboxylic acids is 2. The maximum absolute atomic E-state index is 14.8. The van der Waals surface area contributed by atoms with E-state index in [1.807, 2.05) is 0 Å². The lowest BCUT2D eigenvalue weighted by molar-refractivity contribution is -0.141. The van der Waals surface area contributed by atoms with Gasteiger partial charge >= 0.3 is 12.2 Å². The Hall–Kier alpha value is -2.95. The molecule has 0 spiro atoms. The van der Waals surface area contributed by atoms with Gasteiger partial charge in [-0.1, -0.05) is 23.7 Å². The summed E-state index contributed by atoms with van der Waals surface area (Å²) in [6.45, 7) is 0.419. The monoisotopic (exact) mass is 488 g/mol. The van der Waals surface area contributed by atoms with Crippen molar-refractivity contribution in [3.8, 4) is 0 Å². The molecular formula is C21H18ClF5N4O2. The van der Waals surface area contributed by atoms with E-state index in [4.69, 9.17) is 11.6 Å². The highest BCUT2D eigenvalue weighted by Gasteiger charge is 2.44. The quantitative estimate of drug-likeness (QED) is 0.504.